The standard InChI is InChI=1S/C36H40FN5O2S.V/c1-5-13-29(35(43)42-33-27(18-12-19-28(33)37)23(4)24-14-9-8-10-15-24)40-32(7-3)44-22-30-34(26-20-38-31(6-2)39-21-26)45-36(41-30)25-16-11-17-25;/h7-10,12,14-15,18-21,25,29,31,38,40H,4-6,11,13,16-17H2,1-3H3,(H,42,43);/b32-7+;. The Balaban J connectivity index is 1.33. The average molecular weight is 677 g/mol. The molecule has 1 aromatic heterocycles. The zero-order valence-corrected chi connectivity index (χ0v) is 28.7. The van der Waals surface area contributed by atoms with Gasteiger partial charge in [0.2, 0.25) is 0 Å². The molecule has 10 heteroatoms. The first-order valence-corrected chi connectivity index (χ1v) is 17.4. The molecule has 0 saturated heterocycles. The molecular weight excluding hydrogens is 636 g/mol. The van der Waals surface area contributed by atoms with E-state index in [0.29, 0.717) is 33.8 Å². The number of hydrogen-bond donors (Lipinski definition) is 3. The van der Waals surface area contributed by atoms with E-state index in [4.69, 9.17) is 9.72 Å². The second kappa shape index (κ2) is 15.7. The van der Waals surface area contributed by atoms with Gasteiger partial charge in [0.05, 0.1) is 0 Å². The van der Waals surface area contributed by atoms with Crippen LogP contribution in [0.5, 0.6) is 0 Å². The van der Waals surface area contributed by atoms with E-state index in [1.807, 2.05) is 56.6 Å². The van der Waals surface area contributed by atoms with Gasteiger partial charge in [-0.25, -0.2) is 0 Å². The number of rotatable bonds is 14. The second-order valence-electron chi connectivity index (χ2n) is 11.4. The minimum atomic E-state index is -0.683. The number of halogens is 1. The summed E-state index contributed by atoms with van der Waals surface area (Å²) in [5.41, 5.74) is 3.80. The molecule has 1 fully saturated rings. The molecule has 46 heavy (non-hydrogen) atoms. The average Bonchev–Trinajstić information content (AvgIpc) is 3.49. The van der Waals surface area contributed by atoms with Crippen molar-refractivity contribution < 1.29 is 30.9 Å². The third-order valence-electron chi connectivity index (χ3n) is 8.16. The van der Waals surface area contributed by atoms with Gasteiger partial charge in [-0.1, -0.05) is 18.2 Å². The predicted octanol–water partition coefficient (Wildman–Crippen LogP) is 7.66. The van der Waals surface area contributed by atoms with Crippen LogP contribution in [0.2, 0.25) is 0 Å². The summed E-state index contributed by atoms with van der Waals surface area (Å²) in [6.07, 6.45) is 11.4. The Morgan fingerprint density at radius 1 is 1.22 bits per heavy atom. The van der Waals surface area contributed by atoms with Gasteiger partial charge >= 0.3 is 267 Å². The van der Waals surface area contributed by atoms with Crippen molar-refractivity contribution >= 4 is 44.7 Å². The molecular formula is C36H40FN5O2SV. The number of anilines is 1. The molecule has 2 aliphatic rings. The van der Waals surface area contributed by atoms with Crippen LogP contribution in [0.3, 0.4) is 0 Å². The van der Waals surface area contributed by atoms with E-state index in [2.05, 4.69) is 51.4 Å². The SMILES string of the molecule is C=C(c1ccccc1)c1cccc(F)c1NC(=O)C(CCC)N/C(=C\C)O[C](=[V])c1nc(C2CCC2)sc1C1=CNC(CC)N=C1. The molecule has 7 nitrogen and oxygen atoms in total. The number of ether oxygens (including phenoxy) is 1. The summed E-state index contributed by atoms with van der Waals surface area (Å²) < 4.78 is 22.1. The van der Waals surface area contributed by atoms with Crippen molar-refractivity contribution in [3.63, 3.8) is 0 Å². The Hall–Kier alpha value is -3.79. The van der Waals surface area contributed by atoms with Gasteiger partial charge < -0.3 is 0 Å². The Morgan fingerprint density at radius 2 is 2.00 bits per heavy atom. The van der Waals surface area contributed by atoms with Gasteiger partial charge in [-0.15, -0.1) is 0 Å². The van der Waals surface area contributed by atoms with Crippen LogP contribution in [0, 0.1) is 5.82 Å². The monoisotopic (exact) mass is 676 g/mol. The summed E-state index contributed by atoms with van der Waals surface area (Å²) in [6.45, 7) is 10.1. The Labute approximate surface area is 283 Å². The predicted molar refractivity (Wildman–Crippen MR) is 183 cm³/mol. The van der Waals surface area contributed by atoms with Crippen molar-refractivity contribution in [2.45, 2.75) is 77.4 Å². The van der Waals surface area contributed by atoms with Crippen molar-refractivity contribution in [1.29, 1.82) is 0 Å². The van der Waals surface area contributed by atoms with Gasteiger partial charge in [-0.2, -0.15) is 0 Å². The molecule has 3 N–H and O–H groups in total. The first-order valence-electron chi connectivity index (χ1n) is 15.8. The molecule has 2 unspecified atom stereocenters. The van der Waals surface area contributed by atoms with Crippen molar-refractivity contribution in [2.75, 3.05) is 5.32 Å². The number of allylic oxidation sites excluding steroid dienone is 2. The normalized spacial score (nSPS) is 16.9. The minimum absolute atomic E-state index is 0.0700. The first-order chi connectivity index (χ1) is 22.3. The maximum absolute atomic E-state index is 15.2. The molecule has 3 aromatic rings. The van der Waals surface area contributed by atoms with E-state index in [1.165, 1.54) is 12.5 Å². The number of aliphatic imine (C=N–C) groups is 1. The second-order valence-corrected chi connectivity index (χ2v) is 13.0. The maximum atomic E-state index is 15.2. The molecule has 239 valence electrons. The Kier molecular flexibility index (Phi) is 11.4. The van der Waals surface area contributed by atoms with Crippen molar-refractivity contribution in [3.05, 3.63) is 106 Å². The molecule has 2 heterocycles. The molecule has 2 atom stereocenters. The van der Waals surface area contributed by atoms with Crippen LogP contribution in [-0.2, 0) is 26.5 Å². The number of benzene rings is 2. The van der Waals surface area contributed by atoms with Crippen LogP contribution in [0.25, 0.3) is 11.1 Å². The number of nitrogens with zero attached hydrogens (tertiary/aromatic N) is 2. The van der Waals surface area contributed by atoms with Gasteiger partial charge in [-0.3, -0.25) is 0 Å². The molecule has 1 aliphatic carbocycles. The van der Waals surface area contributed by atoms with E-state index in [9.17, 15) is 4.79 Å². The van der Waals surface area contributed by atoms with E-state index in [-0.39, 0.29) is 17.8 Å². The molecule has 5 rings (SSSR count). The number of para-hydroxylation sites is 1. The zero-order chi connectivity index (χ0) is 32.6. The summed E-state index contributed by atoms with van der Waals surface area (Å²) in [7, 11) is 0. The Bertz CT molecular complexity index is 1680. The molecule has 0 radical (unpaired) electrons. The van der Waals surface area contributed by atoms with Crippen molar-refractivity contribution in [1.82, 2.24) is 15.6 Å². The number of hydrogen-bond acceptors (Lipinski definition) is 7. The number of thiazole rings is 1. The molecule has 2 aromatic carbocycles. The molecule has 0 spiro atoms. The fourth-order valence-corrected chi connectivity index (χ4v) is 6.99. The quantitative estimate of drug-likeness (QED) is 0.153. The van der Waals surface area contributed by atoms with Gasteiger partial charge in [0.25, 0.3) is 0 Å². The third kappa shape index (κ3) is 7.77. The number of nitrogens with one attached hydrogen (secondary N) is 3. The molecule has 1 amide bonds. The van der Waals surface area contributed by atoms with Gasteiger partial charge in [-0.05, 0) is 0 Å². The van der Waals surface area contributed by atoms with Gasteiger partial charge in [0.15, 0.2) is 0 Å². The molecule has 1 saturated carbocycles. The zero-order valence-electron chi connectivity index (χ0n) is 26.5. The van der Waals surface area contributed by atoms with Crippen LogP contribution in [-0.4, -0.2) is 33.7 Å². The van der Waals surface area contributed by atoms with Crippen LogP contribution in [0.4, 0.5) is 10.1 Å². The number of aromatic nitrogens is 1. The number of carbonyl (C=O) groups is 1. The van der Waals surface area contributed by atoms with E-state index in [1.54, 1.807) is 29.5 Å². The molecule has 1 aliphatic heterocycles. The summed E-state index contributed by atoms with van der Waals surface area (Å²) in [6, 6.07) is 13.6. The number of amides is 1. The van der Waals surface area contributed by atoms with E-state index in [0.717, 1.165) is 52.4 Å². The summed E-state index contributed by atoms with van der Waals surface area (Å²) in [5.74, 6) is -0.0218. The fourth-order valence-electron chi connectivity index (χ4n) is 5.25. The summed E-state index contributed by atoms with van der Waals surface area (Å²) in [4.78, 5) is 24.4. The topological polar surface area (TPSA) is 87.6 Å². The van der Waals surface area contributed by atoms with Crippen LogP contribution in [0.15, 0.2) is 78.3 Å². The van der Waals surface area contributed by atoms with Crippen LogP contribution >= 0.6 is 11.3 Å². The van der Waals surface area contributed by atoms with Crippen molar-refractivity contribution in [3.8, 4) is 0 Å². The fraction of sp³-hybridized carbons (Fsp3) is 0.333. The number of carbonyl (C=O) groups excluding carboxylic acids is 1. The van der Waals surface area contributed by atoms with E-state index < -0.39 is 11.9 Å². The molecule has 0 bridgehead atoms. The van der Waals surface area contributed by atoms with Crippen LogP contribution in [0.1, 0.15) is 91.9 Å². The van der Waals surface area contributed by atoms with Gasteiger partial charge in [0.1, 0.15) is 0 Å². The Morgan fingerprint density at radius 3 is 2.63 bits per heavy atom. The van der Waals surface area contributed by atoms with Crippen molar-refractivity contribution in [2.24, 2.45) is 4.99 Å². The van der Waals surface area contributed by atoms with E-state index >= 15 is 4.39 Å². The first kappa shape index (κ1) is 33.6. The third-order valence-corrected chi connectivity index (χ3v) is 9.90. The summed E-state index contributed by atoms with van der Waals surface area (Å²) >= 11 is 4.17. The van der Waals surface area contributed by atoms with Crippen LogP contribution < -0.4 is 16.0 Å². The summed E-state index contributed by atoms with van der Waals surface area (Å²) in [5, 5.41) is 10.6. The van der Waals surface area contributed by atoms with Gasteiger partial charge in [0, 0.05) is 0 Å².